The summed E-state index contributed by atoms with van der Waals surface area (Å²) in [5.74, 6) is -0.912. The van der Waals surface area contributed by atoms with Gasteiger partial charge in [0.1, 0.15) is 0 Å². The molecule has 1 aromatic rings. The van der Waals surface area contributed by atoms with E-state index in [0.29, 0.717) is 18.6 Å². The summed E-state index contributed by atoms with van der Waals surface area (Å²) in [6.07, 6.45) is 2.16. The lowest BCUT2D eigenvalue weighted by Crippen LogP contribution is -2.14. The van der Waals surface area contributed by atoms with Crippen molar-refractivity contribution in [2.24, 2.45) is 16.1 Å². The van der Waals surface area contributed by atoms with Gasteiger partial charge in [0.25, 0.3) is 5.91 Å². The van der Waals surface area contributed by atoms with E-state index in [0.717, 1.165) is 22.3 Å². The first-order valence-electron chi connectivity index (χ1n) is 7.58. The minimum absolute atomic E-state index is 0.243. The molecule has 0 fully saturated rings. The molecule has 0 bridgehead atoms. The van der Waals surface area contributed by atoms with Gasteiger partial charge in [-0.15, -0.1) is 5.11 Å². The van der Waals surface area contributed by atoms with Gasteiger partial charge in [-0.2, -0.15) is 5.11 Å². The first-order chi connectivity index (χ1) is 10.6. The number of fused-ring (bicyclic) bond motifs is 3. The van der Waals surface area contributed by atoms with Gasteiger partial charge in [0.05, 0.1) is 24.3 Å². The summed E-state index contributed by atoms with van der Waals surface area (Å²) in [5.41, 5.74) is 4.18. The SMILES string of the molecule is CC.CCOC(=O)c1ccc(C)c2c1C1=CN=NC(=O)C1C2. The molecule has 0 spiro atoms. The van der Waals surface area contributed by atoms with E-state index in [2.05, 4.69) is 10.2 Å². The van der Waals surface area contributed by atoms with Crippen LogP contribution in [0, 0.1) is 12.8 Å². The monoisotopic (exact) mass is 300 g/mol. The van der Waals surface area contributed by atoms with Gasteiger partial charge in [-0.05, 0) is 48.6 Å². The highest BCUT2D eigenvalue weighted by atomic mass is 16.5. The molecule has 0 saturated heterocycles. The van der Waals surface area contributed by atoms with Gasteiger partial charge < -0.3 is 4.74 Å². The number of carbonyl (C=O) groups is 2. The van der Waals surface area contributed by atoms with E-state index in [1.54, 1.807) is 19.2 Å². The zero-order chi connectivity index (χ0) is 16.3. The van der Waals surface area contributed by atoms with Crippen molar-refractivity contribution in [2.75, 3.05) is 6.61 Å². The number of azo groups is 1. The fourth-order valence-electron chi connectivity index (χ4n) is 2.80. The molecule has 2 aliphatic rings. The number of carbonyl (C=O) groups excluding carboxylic acids is 2. The van der Waals surface area contributed by atoms with Gasteiger partial charge in [0.2, 0.25) is 0 Å². The summed E-state index contributed by atoms with van der Waals surface area (Å²) >= 11 is 0. The molecule has 0 radical (unpaired) electrons. The third-order valence-electron chi connectivity index (χ3n) is 3.77. The van der Waals surface area contributed by atoms with Crippen molar-refractivity contribution in [3.63, 3.8) is 0 Å². The molecule has 5 nitrogen and oxygen atoms in total. The maximum atomic E-state index is 12.1. The Labute approximate surface area is 130 Å². The third-order valence-corrected chi connectivity index (χ3v) is 3.77. The van der Waals surface area contributed by atoms with Crippen LogP contribution in [0.5, 0.6) is 0 Å². The number of benzene rings is 1. The number of aryl methyl sites for hydroxylation is 1. The van der Waals surface area contributed by atoms with Crippen molar-refractivity contribution in [2.45, 2.75) is 34.1 Å². The molecular weight excluding hydrogens is 280 g/mol. The van der Waals surface area contributed by atoms with Crippen molar-refractivity contribution in [3.05, 3.63) is 40.6 Å². The second-order valence-electron chi connectivity index (χ2n) is 4.90. The summed E-state index contributed by atoms with van der Waals surface area (Å²) in [6.45, 7) is 8.07. The summed E-state index contributed by atoms with van der Waals surface area (Å²) in [5, 5.41) is 7.33. The smallest absolute Gasteiger partial charge is 0.338 e. The summed E-state index contributed by atoms with van der Waals surface area (Å²) in [6, 6.07) is 3.65. The van der Waals surface area contributed by atoms with Crippen molar-refractivity contribution < 1.29 is 14.3 Å². The van der Waals surface area contributed by atoms with Crippen LogP contribution in [-0.4, -0.2) is 18.5 Å². The fourth-order valence-corrected chi connectivity index (χ4v) is 2.80. The van der Waals surface area contributed by atoms with Crippen molar-refractivity contribution in [1.29, 1.82) is 0 Å². The molecule has 22 heavy (non-hydrogen) atoms. The number of rotatable bonds is 2. The lowest BCUT2D eigenvalue weighted by Gasteiger charge is -2.12. The minimum Gasteiger partial charge on any atom is -0.462 e. The molecule has 3 rings (SSSR count). The van der Waals surface area contributed by atoms with Gasteiger partial charge in [-0.1, -0.05) is 19.9 Å². The van der Waals surface area contributed by atoms with Gasteiger partial charge in [0.15, 0.2) is 0 Å². The van der Waals surface area contributed by atoms with E-state index in [4.69, 9.17) is 4.74 Å². The standard InChI is InChI=1S/C15H14N2O3.C2H6/c1-3-20-15(19)9-5-4-8(2)10-6-11-12(13(9)10)7-16-17-14(11)18;1-2/h4-5,7,11H,3,6H2,1-2H3;1-2H3. The average molecular weight is 300 g/mol. The number of ether oxygens (including phenoxy) is 1. The number of esters is 1. The molecule has 1 aromatic carbocycles. The Hall–Kier alpha value is -2.30. The maximum absolute atomic E-state index is 12.1. The summed E-state index contributed by atoms with van der Waals surface area (Å²) in [7, 11) is 0. The van der Waals surface area contributed by atoms with E-state index >= 15 is 0 Å². The molecule has 116 valence electrons. The quantitative estimate of drug-likeness (QED) is 0.782. The van der Waals surface area contributed by atoms with E-state index < -0.39 is 0 Å². The fraction of sp³-hybridized carbons (Fsp3) is 0.412. The minimum atomic E-state index is -0.361. The van der Waals surface area contributed by atoms with Crippen LogP contribution in [0.15, 0.2) is 28.6 Å². The largest absolute Gasteiger partial charge is 0.462 e. The normalized spacial score (nSPS) is 17.9. The Morgan fingerprint density at radius 1 is 1.36 bits per heavy atom. The molecule has 1 heterocycles. The first-order valence-corrected chi connectivity index (χ1v) is 7.58. The second-order valence-corrected chi connectivity index (χ2v) is 4.90. The molecule has 0 aromatic heterocycles. The van der Waals surface area contributed by atoms with Crippen LogP contribution in [0.3, 0.4) is 0 Å². The highest BCUT2D eigenvalue weighted by Crippen LogP contribution is 2.43. The average Bonchev–Trinajstić information content (AvgIpc) is 2.92. The predicted molar refractivity (Wildman–Crippen MR) is 83.5 cm³/mol. The van der Waals surface area contributed by atoms with Crippen LogP contribution < -0.4 is 0 Å². The van der Waals surface area contributed by atoms with Crippen LogP contribution in [0.25, 0.3) is 5.57 Å². The van der Waals surface area contributed by atoms with Crippen LogP contribution in [0.1, 0.15) is 47.8 Å². The van der Waals surface area contributed by atoms with Crippen LogP contribution in [-0.2, 0) is 16.0 Å². The summed E-state index contributed by atoms with van der Waals surface area (Å²) < 4.78 is 5.09. The van der Waals surface area contributed by atoms with Crippen molar-refractivity contribution in [1.82, 2.24) is 0 Å². The number of amides is 1. The Bertz CT molecular complexity index is 675. The second kappa shape index (κ2) is 6.64. The molecule has 1 unspecified atom stereocenters. The van der Waals surface area contributed by atoms with Crippen LogP contribution in [0.2, 0.25) is 0 Å². The predicted octanol–water partition coefficient (Wildman–Crippen LogP) is 3.70. The zero-order valence-corrected chi connectivity index (χ0v) is 13.3. The Kier molecular flexibility index (Phi) is 4.85. The van der Waals surface area contributed by atoms with Crippen molar-refractivity contribution >= 4 is 17.4 Å². The Balaban J connectivity index is 0.000000847. The molecular formula is C17H20N2O3. The van der Waals surface area contributed by atoms with Gasteiger partial charge in [-0.25, -0.2) is 4.79 Å². The Morgan fingerprint density at radius 2 is 2.09 bits per heavy atom. The Morgan fingerprint density at radius 3 is 2.77 bits per heavy atom. The van der Waals surface area contributed by atoms with E-state index in [1.807, 2.05) is 26.8 Å². The van der Waals surface area contributed by atoms with Crippen LogP contribution in [0.4, 0.5) is 0 Å². The first kappa shape index (κ1) is 16.1. The number of nitrogens with zero attached hydrogens (tertiary/aromatic N) is 2. The molecule has 0 N–H and O–H groups in total. The van der Waals surface area contributed by atoms with Gasteiger partial charge >= 0.3 is 5.97 Å². The van der Waals surface area contributed by atoms with E-state index in [-0.39, 0.29) is 17.8 Å². The number of hydrogen-bond acceptors (Lipinski definition) is 4. The molecule has 5 heteroatoms. The van der Waals surface area contributed by atoms with Crippen LogP contribution >= 0.6 is 0 Å². The summed E-state index contributed by atoms with van der Waals surface area (Å²) in [4.78, 5) is 23.9. The highest BCUT2D eigenvalue weighted by molar-refractivity contribution is 6.03. The molecule has 0 saturated carbocycles. The van der Waals surface area contributed by atoms with E-state index in [9.17, 15) is 9.59 Å². The van der Waals surface area contributed by atoms with Gasteiger partial charge in [-0.3, -0.25) is 4.79 Å². The van der Waals surface area contributed by atoms with Gasteiger partial charge in [0, 0.05) is 0 Å². The lowest BCUT2D eigenvalue weighted by molar-refractivity contribution is -0.120. The van der Waals surface area contributed by atoms with E-state index in [1.165, 1.54) is 0 Å². The maximum Gasteiger partial charge on any atom is 0.338 e. The topological polar surface area (TPSA) is 68.1 Å². The third kappa shape index (κ3) is 2.58. The molecule has 1 amide bonds. The molecule has 1 aliphatic heterocycles. The zero-order valence-electron chi connectivity index (χ0n) is 13.3. The molecule has 1 atom stereocenters. The number of hydrogen-bond donors (Lipinski definition) is 0. The van der Waals surface area contributed by atoms with Crippen molar-refractivity contribution in [3.8, 4) is 0 Å². The highest BCUT2D eigenvalue weighted by Gasteiger charge is 2.38. The molecule has 1 aliphatic carbocycles. The lowest BCUT2D eigenvalue weighted by atomic mass is 9.95.